The van der Waals surface area contributed by atoms with Gasteiger partial charge in [0.25, 0.3) is 0 Å². The third kappa shape index (κ3) is 4.07. The van der Waals surface area contributed by atoms with Crippen LogP contribution in [0.2, 0.25) is 0 Å². The van der Waals surface area contributed by atoms with Crippen LogP contribution in [0.4, 0.5) is 0 Å². The third-order valence-corrected chi connectivity index (χ3v) is 4.37. The maximum Gasteiger partial charge on any atom is 0.00104 e. The van der Waals surface area contributed by atoms with Gasteiger partial charge in [-0.15, -0.1) is 0 Å². The van der Waals surface area contributed by atoms with Gasteiger partial charge in [0, 0.05) is 6.04 Å². The van der Waals surface area contributed by atoms with Gasteiger partial charge in [-0.1, -0.05) is 56.0 Å². The van der Waals surface area contributed by atoms with Gasteiger partial charge in [0.2, 0.25) is 0 Å². The molecule has 0 saturated heterocycles. The van der Waals surface area contributed by atoms with E-state index in [2.05, 4.69) is 51.2 Å². The van der Waals surface area contributed by atoms with Gasteiger partial charge in [0.15, 0.2) is 0 Å². The van der Waals surface area contributed by atoms with Crippen LogP contribution in [0.3, 0.4) is 0 Å². The molecule has 2 atom stereocenters. The lowest BCUT2D eigenvalue weighted by atomic mass is 9.75. The molecular formula is C18H29N. The lowest BCUT2D eigenvalue weighted by Crippen LogP contribution is -2.33. The smallest absolute Gasteiger partial charge is 0.00104 e. The van der Waals surface area contributed by atoms with Crippen LogP contribution in [0, 0.1) is 19.8 Å². The molecule has 0 bridgehead atoms. The molecule has 1 nitrogen and oxygen atoms in total. The first-order valence-corrected chi connectivity index (χ1v) is 7.88. The first kappa shape index (κ1) is 14.6. The van der Waals surface area contributed by atoms with E-state index in [0.717, 1.165) is 11.8 Å². The molecule has 0 spiro atoms. The Morgan fingerprint density at radius 3 is 2.32 bits per heavy atom. The SMILES string of the molecule is Cc1cc(C)cc(C2CCCCC2CNC(C)C)c1. The zero-order valence-electron chi connectivity index (χ0n) is 13.0. The Bertz CT molecular complexity index is 388. The summed E-state index contributed by atoms with van der Waals surface area (Å²) in [6, 6.07) is 7.70. The predicted octanol–water partition coefficient (Wildman–Crippen LogP) is 4.58. The van der Waals surface area contributed by atoms with Gasteiger partial charge in [0.05, 0.1) is 0 Å². The van der Waals surface area contributed by atoms with Crippen molar-refractivity contribution in [2.45, 2.75) is 65.3 Å². The molecule has 19 heavy (non-hydrogen) atoms. The zero-order chi connectivity index (χ0) is 13.8. The van der Waals surface area contributed by atoms with Crippen LogP contribution < -0.4 is 5.32 Å². The van der Waals surface area contributed by atoms with Gasteiger partial charge < -0.3 is 5.32 Å². The van der Waals surface area contributed by atoms with Crippen LogP contribution in [-0.2, 0) is 0 Å². The normalized spacial score (nSPS) is 23.8. The van der Waals surface area contributed by atoms with Crippen molar-refractivity contribution in [2.75, 3.05) is 6.54 Å². The van der Waals surface area contributed by atoms with Crippen LogP contribution in [0.15, 0.2) is 18.2 Å². The van der Waals surface area contributed by atoms with Crippen LogP contribution in [0.1, 0.15) is 62.1 Å². The van der Waals surface area contributed by atoms with Crippen LogP contribution in [-0.4, -0.2) is 12.6 Å². The summed E-state index contributed by atoms with van der Waals surface area (Å²) >= 11 is 0. The second-order valence-electron chi connectivity index (χ2n) is 6.64. The highest BCUT2D eigenvalue weighted by molar-refractivity contribution is 5.31. The molecule has 2 rings (SSSR count). The Morgan fingerprint density at radius 1 is 1.05 bits per heavy atom. The average molecular weight is 259 g/mol. The Labute approximate surface area is 118 Å². The molecule has 2 unspecified atom stereocenters. The number of aryl methyl sites for hydroxylation is 2. The summed E-state index contributed by atoms with van der Waals surface area (Å²) in [7, 11) is 0. The van der Waals surface area contributed by atoms with Crippen molar-refractivity contribution >= 4 is 0 Å². The van der Waals surface area contributed by atoms with Gasteiger partial charge in [-0.25, -0.2) is 0 Å². The third-order valence-electron chi connectivity index (χ3n) is 4.37. The number of rotatable bonds is 4. The van der Waals surface area contributed by atoms with Crippen molar-refractivity contribution in [3.05, 3.63) is 34.9 Å². The number of hydrogen-bond donors (Lipinski definition) is 1. The molecule has 1 N–H and O–H groups in total. The quantitative estimate of drug-likeness (QED) is 0.835. The van der Waals surface area contributed by atoms with E-state index in [9.17, 15) is 0 Å². The summed E-state index contributed by atoms with van der Waals surface area (Å²) in [4.78, 5) is 0. The Morgan fingerprint density at radius 2 is 1.68 bits per heavy atom. The average Bonchev–Trinajstić information content (AvgIpc) is 2.35. The Balaban J connectivity index is 2.13. The second kappa shape index (κ2) is 6.56. The van der Waals surface area contributed by atoms with Crippen molar-refractivity contribution in [2.24, 2.45) is 5.92 Å². The first-order chi connectivity index (χ1) is 9.06. The fraction of sp³-hybridized carbons (Fsp3) is 0.667. The topological polar surface area (TPSA) is 12.0 Å². The van der Waals surface area contributed by atoms with Gasteiger partial charge in [-0.2, -0.15) is 0 Å². The van der Waals surface area contributed by atoms with E-state index in [1.807, 2.05) is 0 Å². The van der Waals surface area contributed by atoms with Crippen molar-refractivity contribution in [3.8, 4) is 0 Å². The van der Waals surface area contributed by atoms with Crippen LogP contribution in [0.25, 0.3) is 0 Å². The first-order valence-electron chi connectivity index (χ1n) is 7.88. The minimum atomic E-state index is 0.599. The highest BCUT2D eigenvalue weighted by Crippen LogP contribution is 2.38. The molecule has 1 aromatic rings. The van der Waals surface area contributed by atoms with E-state index in [1.165, 1.54) is 43.4 Å². The molecule has 1 saturated carbocycles. The molecule has 0 heterocycles. The molecule has 1 aromatic carbocycles. The minimum absolute atomic E-state index is 0.599. The van der Waals surface area contributed by atoms with Gasteiger partial charge in [-0.05, 0) is 50.6 Å². The highest BCUT2D eigenvalue weighted by atomic mass is 14.9. The monoisotopic (exact) mass is 259 g/mol. The molecule has 1 heteroatoms. The predicted molar refractivity (Wildman–Crippen MR) is 83.8 cm³/mol. The largest absolute Gasteiger partial charge is 0.314 e. The van der Waals surface area contributed by atoms with Crippen molar-refractivity contribution in [3.63, 3.8) is 0 Å². The van der Waals surface area contributed by atoms with E-state index < -0.39 is 0 Å². The van der Waals surface area contributed by atoms with Gasteiger partial charge in [0.1, 0.15) is 0 Å². The maximum atomic E-state index is 3.64. The molecule has 1 aliphatic carbocycles. The molecule has 1 fully saturated rings. The van der Waals surface area contributed by atoms with E-state index in [4.69, 9.17) is 0 Å². The molecule has 1 aliphatic rings. The summed E-state index contributed by atoms with van der Waals surface area (Å²) in [5.74, 6) is 1.58. The summed E-state index contributed by atoms with van der Waals surface area (Å²) < 4.78 is 0. The standard InChI is InChI=1S/C18H29N/c1-13(2)19-12-16-7-5-6-8-18(16)17-10-14(3)9-15(4)11-17/h9-11,13,16,18-19H,5-8,12H2,1-4H3. The van der Waals surface area contributed by atoms with Crippen molar-refractivity contribution in [1.29, 1.82) is 0 Å². The zero-order valence-corrected chi connectivity index (χ0v) is 13.0. The fourth-order valence-electron chi connectivity index (χ4n) is 3.50. The van der Waals surface area contributed by atoms with E-state index in [1.54, 1.807) is 5.56 Å². The van der Waals surface area contributed by atoms with Gasteiger partial charge >= 0.3 is 0 Å². The minimum Gasteiger partial charge on any atom is -0.314 e. The van der Waals surface area contributed by atoms with Crippen LogP contribution in [0.5, 0.6) is 0 Å². The molecule has 0 aliphatic heterocycles. The lowest BCUT2D eigenvalue weighted by molar-refractivity contribution is 0.289. The maximum absolute atomic E-state index is 3.64. The molecule has 0 radical (unpaired) electrons. The number of benzene rings is 1. The molecule has 106 valence electrons. The lowest BCUT2D eigenvalue weighted by Gasteiger charge is -2.33. The van der Waals surface area contributed by atoms with Crippen molar-refractivity contribution in [1.82, 2.24) is 5.32 Å². The Hall–Kier alpha value is -0.820. The summed E-state index contributed by atoms with van der Waals surface area (Å²) in [6.07, 6.45) is 5.56. The van der Waals surface area contributed by atoms with Crippen LogP contribution >= 0.6 is 0 Å². The summed E-state index contributed by atoms with van der Waals surface area (Å²) in [6.45, 7) is 10.1. The number of hydrogen-bond acceptors (Lipinski definition) is 1. The number of nitrogens with one attached hydrogen (secondary N) is 1. The molecular weight excluding hydrogens is 230 g/mol. The Kier molecular flexibility index (Phi) is 5.04. The molecule has 0 amide bonds. The fourth-order valence-corrected chi connectivity index (χ4v) is 3.50. The summed E-state index contributed by atoms with van der Waals surface area (Å²) in [5, 5.41) is 3.64. The van der Waals surface area contributed by atoms with E-state index >= 15 is 0 Å². The second-order valence-corrected chi connectivity index (χ2v) is 6.64. The van der Waals surface area contributed by atoms with Crippen molar-refractivity contribution < 1.29 is 0 Å². The van der Waals surface area contributed by atoms with E-state index in [0.29, 0.717) is 6.04 Å². The highest BCUT2D eigenvalue weighted by Gasteiger charge is 2.26. The van der Waals surface area contributed by atoms with E-state index in [-0.39, 0.29) is 0 Å². The molecule has 0 aromatic heterocycles. The van der Waals surface area contributed by atoms with Gasteiger partial charge in [-0.3, -0.25) is 0 Å². The summed E-state index contributed by atoms with van der Waals surface area (Å²) in [5.41, 5.74) is 4.40.